The Kier molecular flexibility index (Phi) is 5.50. The van der Waals surface area contributed by atoms with E-state index in [4.69, 9.17) is 9.47 Å². The second-order valence-corrected chi connectivity index (χ2v) is 6.96. The Bertz CT molecular complexity index is 751. The zero-order valence-corrected chi connectivity index (χ0v) is 15.7. The molecular formula is C22H27NO3. The molecule has 1 unspecified atom stereocenters. The fourth-order valence-electron chi connectivity index (χ4n) is 3.92. The summed E-state index contributed by atoms with van der Waals surface area (Å²) in [5.41, 5.74) is 1.71. The maximum Gasteiger partial charge on any atom is 0.231 e. The van der Waals surface area contributed by atoms with E-state index in [-0.39, 0.29) is 11.9 Å². The largest absolute Gasteiger partial charge is 0.493 e. The van der Waals surface area contributed by atoms with Gasteiger partial charge in [0.1, 0.15) is 0 Å². The van der Waals surface area contributed by atoms with Crippen LogP contribution in [0.5, 0.6) is 11.5 Å². The molecule has 1 atom stereocenters. The van der Waals surface area contributed by atoms with Gasteiger partial charge >= 0.3 is 0 Å². The van der Waals surface area contributed by atoms with Gasteiger partial charge in [-0.05, 0) is 43.0 Å². The molecule has 0 saturated heterocycles. The quantitative estimate of drug-likeness (QED) is 0.838. The summed E-state index contributed by atoms with van der Waals surface area (Å²) in [5, 5.41) is 3.23. The highest BCUT2D eigenvalue weighted by Gasteiger charge is 2.42. The molecule has 1 fully saturated rings. The molecule has 0 bridgehead atoms. The van der Waals surface area contributed by atoms with Gasteiger partial charge in [0, 0.05) is 0 Å². The molecule has 2 aromatic rings. The molecule has 0 heterocycles. The van der Waals surface area contributed by atoms with Crippen LogP contribution in [0, 0.1) is 0 Å². The van der Waals surface area contributed by atoms with Crippen molar-refractivity contribution in [3.63, 3.8) is 0 Å². The van der Waals surface area contributed by atoms with Crippen LogP contribution >= 0.6 is 0 Å². The lowest BCUT2D eigenvalue weighted by Gasteiger charge is -2.30. The third-order valence-electron chi connectivity index (χ3n) is 5.47. The topological polar surface area (TPSA) is 47.6 Å². The second kappa shape index (κ2) is 7.81. The summed E-state index contributed by atoms with van der Waals surface area (Å²) in [6, 6.07) is 15.8. The molecule has 2 aromatic carbocycles. The van der Waals surface area contributed by atoms with Crippen LogP contribution in [0.1, 0.15) is 49.8 Å². The first-order chi connectivity index (χ1) is 12.6. The Hall–Kier alpha value is -2.49. The van der Waals surface area contributed by atoms with Crippen molar-refractivity contribution < 1.29 is 14.3 Å². The average Bonchev–Trinajstić information content (AvgIpc) is 3.19. The predicted octanol–water partition coefficient (Wildman–Crippen LogP) is 4.39. The van der Waals surface area contributed by atoms with E-state index in [1.54, 1.807) is 14.2 Å². The second-order valence-electron chi connectivity index (χ2n) is 6.96. The number of carbonyl (C=O) groups excluding carboxylic acids is 1. The minimum atomic E-state index is -0.411. The molecule has 26 heavy (non-hydrogen) atoms. The van der Waals surface area contributed by atoms with Crippen LogP contribution in [0.2, 0.25) is 0 Å². The zero-order valence-electron chi connectivity index (χ0n) is 15.7. The van der Waals surface area contributed by atoms with E-state index in [2.05, 4.69) is 17.4 Å². The zero-order chi connectivity index (χ0) is 18.6. The SMILES string of the molecule is COc1ccc(C(C)NC(=O)C2(c3ccccc3)CCCC2)cc1OC. The number of carbonyl (C=O) groups is 1. The molecular weight excluding hydrogens is 326 g/mol. The number of amides is 1. The van der Waals surface area contributed by atoms with Crippen molar-refractivity contribution in [2.75, 3.05) is 14.2 Å². The number of methoxy groups -OCH3 is 2. The van der Waals surface area contributed by atoms with Crippen molar-refractivity contribution in [1.29, 1.82) is 0 Å². The van der Waals surface area contributed by atoms with Gasteiger partial charge < -0.3 is 14.8 Å². The van der Waals surface area contributed by atoms with Crippen LogP contribution in [0.25, 0.3) is 0 Å². The van der Waals surface area contributed by atoms with Crippen LogP contribution in [-0.4, -0.2) is 20.1 Å². The molecule has 0 radical (unpaired) electrons. The normalized spacial score (nSPS) is 16.7. The summed E-state index contributed by atoms with van der Waals surface area (Å²) in [6.45, 7) is 2.01. The first kappa shape index (κ1) is 18.3. The number of benzene rings is 2. The summed E-state index contributed by atoms with van der Waals surface area (Å²) in [5.74, 6) is 1.47. The smallest absolute Gasteiger partial charge is 0.231 e. The van der Waals surface area contributed by atoms with Gasteiger partial charge in [0.2, 0.25) is 5.91 Å². The third-order valence-corrected chi connectivity index (χ3v) is 5.47. The Morgan fingerprint density at radius 2 is 1.65 bits per heavy atom. The molecule has 1 aliphatic rings. The standard InChI is InChI=1S/C22H27NO3/c1-16(17-11-12-19(25-2)20(15-17)26-3)23-21(24)22(13-7-8-14-22)18-9-5-4-6-10-18/h4-6,9-12,15-16H,7-8,13-14H2,1-3H3,(H,23,24). The minimum Gasteiger partial charge on any atom is -0.493 e. The van der Waals surface area contributed by atoms with Gasteiger partial charge in [-0.3, -0.25) is 4.79 Å². The highest BCUT2D eigenvalue weighted by atomic mass is 16.5. The van der Waals surface area contributed by atoms with E-state index in [0.29, 0.717) is 11.5 Å². The van der Waals surface area contributed by atoms with Gasteiger partial charge in [0.05, 0.1) is 25.7 Å². The molecule has 1 saturated carbocycles. The fourth-order valence-corrected chi connectivity index (χ4v) is 3.92. The molecule has 0 aromatic heterocycles. The lowest BCUT2D eigenvalue weighted by molar-refractivity contribution is -0.127. The Labute approximate surface area is 155 Å². The molecule has 4 heteroatoms. The van der Waals surface area contributed by atoms with E-state index in [1.165, 1.54) is 0 Å². The van der Waals surface area contributed by atoms with Crippen molar-refractivity contribution in [2.24, 2.45) is 0 Å². The Morgan fingerprint density at radius 3 is 2.27 bits per heavy atom. The number of nitrogens with one attached hydrogen (secondary N) is 1. The van der Waals surface area contributed by atoms with Gasteiger partial charge in [-0.15, -0.1) is 0 Å². The molecule has 1 N–H and O–H groups in total. The number of hydrogen-bond acceptors (Lipinski definition) is 3. The first-order valence-corrected chi connectivity index (χ1v) is 9.19. The van der Waals surface area contributed by atoms with Crippen LogP contribution < -0.4 is 14.8 Å². The molecule has 138 valence electrons. The van der Waals surface area contributed by atoms with Gasteiger partial charge in [-0.1, -0.05) is 49.2 Å². The van der Waals surface area contributed by atoms with Crippen LogP contribution in [0.4, 0.5) is 0 Å². The molecule has 0 aliphatic heterocycles. The third kappa shape index (κ3) is 3.41. The summed E-state index contributed by atoms with van der Waals surface area (Å²) < 4.78 is 10.7. The summed E-state index contributed by atoms with van der Waals surface area (Å²) >= 11 is 0. The highest BCUT2D eigenvalue weighted by molar-refractivity contribution is 5.89. The van der Waals surface area contributed by atoms with Gasteiger partial charge in [-0.2, -0.15) is 0 Å². The van der Waals surface area contributed by atoms with Crippen molar-refractivity contribution in [2.45, 2.75) is 44.1 Å². The highest BCUT2D eigenvalue weighted by Crippen LogP contribution is 2.42. The monoisotopic (exact) mass is 353 g/mol. The summed E-state index contributed by atoms with van der Waals surface area (Å²) in [7, 11) is 3.24. The summed E-state index contributed by atoms with van der Waals surface area (Å²) in [6.07, 6.45) is 3.99. The van der Waals surface area contributed by atoms with Crippen LogP contribution in [0.3, 0.4) is 0 Å². The van der Waals surface area contributed by atoms with E-state index in [9.17, 15) is 4.79 Å². The van der Waals surface area contributed by atoms with E-state index in [0.717, 1.165) is 36.8 Å². The van der Waals surface area contributed by atoms with Crippen LogP contribution in [0.15, 0.2) is 48.5 Å². The minimum absolute atomic E-state index is 0.108. The van der Waals surface area contributed by atoms with E-state index < -0.39 is 5.41 Å². The molecule has 1 aliphatic carbocycles. The van der Waals surface area contributed by atoms with Crippen molar-refractivity contribution in [1.82, 2.24) is 5.32 Å². The van der Waals surface area contributed by atoms with Gasteiger partial charge in [0.25, 0.3) is 0 Å². The Morgan fingerprint density at radius 1 is 1.00 bits per heavy atom. The fraction of sp³-hybridized carbons (Fsp3) is 0.409. The van der Waals surface area contributed by atoms with E-state index in [1.807, 2.05) is 43.3 Å². The number of rotatable bonds is 6. The van der Waals surface area contributed by atoms with Crippen molar-refractivity contribution >= 4 is 5.91 Å². The Balaban J connectivity index is 1.82. The average molecular weight is 353 g/mol. The number of hydrogen-bond donors (Lipinski definition) is 1. The molecule has 3 rings (SSSR count). The van der Waals surface area contributed by atoms with Crippen molar-refractivity contribution in [3.8, 4) is 11.5 Å². The lowest BCUT2D eigenvalue weighted by Crippen LogP contribution is -2.43. The van der Waals surface area contributed by atoms with Gasteiger partial charge in [0.15, 0.2) is 11.5 Å². The molecule has 0 spiro atoms. The molecule has 1 amide bonds. The van der Waals surface area contributed by atoms with Crippen molar-refractivity contribution in [3.05, 3.63) is 59.7 Å². The van der Waals surface area contributed by atoms with Crippen LogP contribution in [-0.2, 0) is 10.2 Å². The summed E-state index contributed by atoms with van der Waals surface area (Å²) in [4.78, 5) is 13.3. The lowest BCUT2D eigenvalue weighted by atomic mass is 9.77. The predicted molar refractivity (Wildman–Crippen MR) is 103 cm³/mol. The molecule has 4 nitrogen and oxygen atoms in total. The maximum atomic E-state index is 13.3. The van der Waals surface area contributed by atoms with E-state index >= 15 is 0 Å². The number of ether oxygens (including phenoxy) is 2. The first-order valence-electron chi connectivity index (χ1n) is 9.19. The van der Waals surface area contributed by atoms with Gasteiger partial charge in [-0.25, -0.2) is 0 Å². The maximum absolute atomic E-state index is 13.3.